The van der Waals surface area contributed by atoms with Crippen molar-refractivity contribution in [1.82, 2.24) is 5.32 Å². The second kappa shape index (κ2) is 6.02. The van der Waals surface area contributed by atoms with E-state index in [0.717, 1.165) is 12.8 Å². The molecule has 1 aliphatic rings. The number of hydrogen-bond acceptors (Lipinski definition) is 5. The van der Waals surface area contributed by atoms with Gasteiger partial charge >= 0.3 is 5.97 Å². The van der Waals surface area contributed by atoms with E-state index in [1.165, 1.54) is 0 Å². The maximum atomic E-state index is 11.5. The van der Waals surface area contributed by atoms with Crippen LogP contribution in [0.4, 0.5) is 0 Å². The van der Waals surface area contributed by atoms with Crippen molar-refractivity contribution >= 4 is 15.8 Å². The lowest BCUT2D eigenvalue weighted by molar-refractivity contribution is -0.154. The first-order chi connectivity index (χ1) is 8.21. The van der Waals surface area contributed by atoms with Gasteiger partial charge in [-0.25, -0.2) is 8.42 Å². The summed E-state index contributed by atoms with van der Waals surface area (Å²) >= 11 is 0. The zero-order valence-corrected chi connectivity index (χ0v) is 12.2. The molecule has 1 atom stereocenters. The molecule has 1 N–H and O–H groups in total. The van der Waals surface area contributed by atoms with Crippen LogP contribution in [0.25, 0.3) is 0 Å². The molecule has 1 rings (SSSR count). The highest BCUT2D eigenvalue weighted by Crippen LogP contribution is 2.18. The number of rotatable bonds is 5. The number of carbonyl (C=O) groups is 1. The Bertz CT molecular complexity index is 383. The standard InChI is InChI=1S/C12H23NO4S/c1-12(2,3)17-11(14)6-7-13-9-10-5-4-8-18(10,15)16/h10,13H,4-9H2,1-3H3. The third kappa shape index (κ3) is 5.35. The van der Waals surface area contributed by atoms with Crippen molar-refractivity contribution in [2.24, 2.45) is 0 Å². The molecule has 0 radical (unpaired) electrons. The van der Waals surface area contributed by atoms with E-state index in [4.69, 9.17) is 4.74 Å². The van der Waals surface area contributed by atoms with Crippen LogP contribution in [0.1, 0.15) is 40.0 Å². The molecule has 1 saturated heterocycles. The third-order valence-electron chi connectivity index (χ3n) is 2.76. The molecule has 5 nitrogen and oxygen atoms in total. The zero-order valence-electron chi connectivity index (χ0n) is 11.4. The predicted octanol–water partition coefficient (Wildman–Crippen LogP) is 0.885. The maximum Gasteiger partial charge on any atom is 0.307 e. The topological polar surface area (TPSA) is 72.5 Å². The second-order valence-corrected chi connectivity index (χ2v) is 8.07. The Morgan fingerprint density at radius 3 is 2.56 bits per heavy atom. The van der Waals surface area contributed by atoms with Gasteiger partial charge in [-0.2, -0.15) is 0 Å². The highest BCUT2D eigenvalue weighted by Gasteiger charge is 2.30. The largest absolute Gasteiger partial charge is 0.460 e. The average Bonchev–Trinajstić information content (AvgIpc) is 2.50. The minimum absolute atomic E-state index is 0.260. The molecule has 0 bridgehead atoms. The van der Waals surface area contributed by atoms with Crippen LogP contribution >= 0.6 is 0 Å². The SMILES string of the molecule is CC(C)(C)OC(=O)CCNCC1CCCS1(=O)=O. The molecule has 106 valence electrons. The van der Waals surface area contributed by atoms with Crippen molar-refractivity contribution in [2.45, 2.75) is 50.9 Å². The van der Waals surface area contributed by atoms with E-state index >= 15 is 0 Å². The fourth-order valence-corrected chi connectivity index (χ4v) is 3.73. The van der Waals surface area contributed by atoms with Gasteiger partial charge in [0.05, 0.1) is 17.4 Å². The molecule has 0 saturated carbocycles. The molecule has 0 spiro atoms. The number of nitrogens with one attached hydrogen (secondary N) is 1. The highest BCUT2D eigenvalue weighted by atomic mass is 32.2. The Hall–Kier alpha value is -0.620. The van der Waals surface area contributed by atoms with Gasteiger partial charge in [-0.05, 0) is 33.6 Å². The van der Waals surface area contributed by atoms with Crippen LogP contribution in [-0.2, 0) is 19.4 Å². The van der Waals surface area contributed by atoms with Crippen molar-refractivity contribution in [3.05, 3.63) is 0 Å². The summed E-state index contributed by atoms with van der Waals surface area (Å²) < 4.78 is 28.2. The normalized spacial score (nSPS) is 22.9. The van der Waals surface area contributed by atoms with E-state index in [0.29, 0.717) is 18.8 Å². The fraction of sp³-hybridized carbons (Fsp3) is 0.917. The molecule has 0 aromatic rings. The lowest BCUT2D eigenvalue weighted by Crippen LogP contribution is -2.33. The summed E-state index contributed by atoms with van der Waals surface area (Å²) in [6.07, 6.45) is 1.74. The summed E-state index contributed by atoms with van der Waals surface area (Å²) in [7, 11) is -2.90. The maximum absolute atomic E-state index is 11.5. The van der Waals surface area contributed by atoms with Gasteiger partial charge in [0.1, 0.15) is 5.60 Å². The zero-order chi connectivity index (χ0) is 13.8. The number of carbonyl (C=O) groups excluding carboxylic acids is 1. The van der Waals surface area contributed by atoms with Crippen LogP contribution in [0.5, 0.6) is 0 Å². The Kier molecular flexibility index (Phi) is 5.16. The first kappa shape index (κ1) is 15.4. The number of ether oxygens (including phenoxy) is 1. The summed E-state index contributed by atoms with van der Waals surface area (Å²) in [5, 5.41) is 2.74. The van der Waals surface area contributed by atoms with Gasteiger partial charge in [0.25, 0.3) is 0 Å². The molecule has 1 fully saturated rings. The van der Waals surface area contributed by atoms with E-state index in [1.54, 1.807) is 0 Å². The van der Waals surface area contributed by atoms with Gasteiger partial charge in [0, 0.05) is 13.1 Å². The second-order valence-electron chi connectivity index (χ2n) is 5.67. The number of sulfone groups is 1. The lowest BCUT2D eigenvalue weighted by atomic mass is 10.2. The van der Waals surface area contributed by atoms with Crippen molar-refractivity contribution < 1.29 is 17.9 Å². The molecule has 18 heavy (non-hydrogen) atoms. The van der Waals surface area contributed by atoms with Gasteiger partial charge in [0.15, 0.2) is 9.84 Å². The smallest absolute Gasteiger partial charge is 0.307 e. The van der Waals surface area contributed by atoms with Crippen LogP contribution in [0.3, 0.4) is 0 Å². The predicted molar refractivity (Wildman–Crippen MR) is 70.1 cm³/mol. The fourth-order valence-electron chi connectivity index (χ4n) is 1.93. The molecule has 1 unspecified atom stereocenters. The molecule has 6 heteroatoms. The van der Waals surface area contributed by atoms with Crippen molar-refractivity contribution in [1.29, 1.82) is 0 Å². The van der Waals surface area contributed by atoms with Crippen LogP contribution in [0, 0.1) is 0 Å². The minimum atomic E-state index is -2.90. The molecule has 1 aliphatic heterocycles. The first-order valence-electron chi connectivity index (χ1n) is 6.35. The monoisotopic (exact) mass is 277 g/mol. The quantitative estimate of drug-likeness (QED) is 0.597. The van der Waals surface area contributed by atoms with Crippen LogP contribution < -0.4 is 5.32 Å². The Morgan fingerprint density at radius 2 is 2.06 bits per heavy atom. The third-order valence-corrected chi connectivity index (χ3v) is 5.04. The summed E-state index contributed by atoms with van der Waals surface area (Å²) in [5.41, 5.74) is -0.466. The van der Waals surface area contributed by atoms with Gasteiger partial charge in [0.2, 0.25) is 0 Å². The first-order valence-corrected chi connectivity index (χ1v) is 8.06. The molecule has 0 aromatic heterocycles. The van der Waals surface area contributed by atoms with Gasteiger partial charge in [-0.15, -0.1) is 0 Å². The number of esters is 1. The molecule has 0 aliphatic carbocycles. The number of hydrogen-bond donors (Lipinski definition) is 1. The molecule has 0 aromatic carbocycles. The van der Waals surface area contributed by atoms with E-state index in [-0.39, 0.29) is 17.6 Å². The van der Waals surface area contributed by atoms with E-state index in [9.17, 15) is 13.2 Å². The minimum Gasteiger partial charge on any atom is -0.460 e. The summed E-state index contributed by atoms with van der Waals surface area (Å²) in [6.45, 7) is 6.36. The van der Waals surface area contributed by atoms with E-state index < -0.39 is 15.4 Å². The van der Waals surface area contributed by atoms with Crippen LogP contribution in [0.15, 0.2) is 0 Å². The summed E-state index contributed by atoms with van der Waals surface area (Å²) in [4.78, 5) is 11.4. The molecule has 1 heterocycles. The Morgan fingerprint density at radius 1 is 1.39 bits per heavy atom. The lowest BCUT2D eigenvalue weighted by Gasteiger charge is -2.19. The molecule has 0 amide bonds. The highest BCUT2D eigenvalue weighted by molar-refractivity contribution is 7.92. The summed E-state index contributed by atoms with van der Waals surface area (Å²) in [6, 6.07) is 0. The van der Waals surface area contributed by atoms with E-state index in [1.807, 2.05) is 20.8 Å². The van der Waals surface area contributed by atoms with E-state index in [2.05, 4.69) is 5.32 Å². The summed E-state index contributed by atoms with van der Waals surface area (Å²) in [5.74, 6) is 0.0371. The van der Waals surface area contributed by atoms with Crippen molar-refractivity contribution in [3.63, 3.8) is 0 Å². The molecular formula is C12H23NO4S. The Balaban J connectivity index is 2.18. The van der Waals surface area contributed by atoms with Crippen molar-refractivity contribution in [2.75, 3.05) is 18.8 Å². The van der Waals surface area contributed by atoms with Gasteiger partial charge in [-0.3, -0.25) is 4.79 Å². The van der Waals surface area contributed by atoms with Crippen molar-refractivity contribution in [3.8, 4) is 0 Å². The molecular weight excluding hydrogens is 254 g/mol. The average molecular weight is 277 g/mol. The van der Waals surface area contributed by atoms with Gasteiger partial charge < -0.3 is 10.1 Å². The van der Waals surface area contributed by atoms with Gasteiger partial charge in [-0.1, -0.05) is 0 Å². The Labute approximate surface area is 109 Å². The van der Waals surface area contributed by atoms with Crippen LogP contribution in [-0.4, -0.2) is 44.1 Å². The van der Waals surface area contributed by atoms with Crippen LogP contribution in [0.2, 0.25) is 0 Å².